The van der Waals surface area contributed by atoms with E-state index in [1.54, 1.807) is 0 Å². The summed E-state index contributed by atoms with van der Waals surface area (Å²) in [6.45, 7) is 6.60. The van der Waals surface area contributed by atoms with Gasteiger partial charge in [-0.1, -0.05) is 256 Å². The maximum atomic E-state index is 12.8. The molecule has 0 bridgehead atoms. The summed E-state index contributed by atoms with van der Waals surface area (Å²) < 4.78 is 16.8. The zero-order valence-corrected chi connectivity index (χ0v) is 44.7. The smallest absolute Gasteiger partial charge is 0.306 e. The molecule has 0 saturated heterocycles. The van der Waals surface area contributed by atoms with Crippen LogP contribution < -0.4 is 0 Å². The van der Waals surface area contributed by atoms with Gasteiger partial charge in [0.1, 0.15) is 13.2 Å². The summed E-state index contributed by atoms with van der Waals surface area (Å²) in [5.74, 6) is -0.876. The highest BCUT2D eigenvalue weighted by atomic mass is 16.6. The fourth-order valence-corrected chi connectivity index (χ4v) is 8.37. The summed E-state index contributed by atoms with van der Waals surface area (Å²) in [6, 6.07) is 0. The number of carbonyl (C=O) groups is 3. The van der Waals surface area contributed by atoms with Crippen LogP contribution in [0.5, 0.6) is 0 Å². The maximum Gasteiger partial charge on any atom is 0.306 e. The van der Waals surface area contributed by atoms with Gasteiger partial charge in [0.25, 0.3) is 0 Å². The van der Waals surface area contributed by atoms with E-state index in [0.29, 0.717) is 19.3 Å². The van der Waals surface area contributed by atoms with E-state index in [4.69, 9.17) is 14.2 Å². The summed E-state index contributed by atoms with van der Waals surface area (Å²) in [7, 11) is 0. The molecule has 0 fully saturated rings. The zero-order chi connectivity index (χ0) is 48.6. The Kier molecular flexibility index (Phi) is 53.8. The molecule has 0 rings (SSSR count). The number of unbranched alkanes of at least 4 members (excludes halogenated alkanes) is 34. The molecule has 67 heavy (non-hydrogen) atoms. The summed E-state index contributed by atoms with van der Waals surface area (Å²) >= 11 is 0. The molecule has 6 heteroatoms. The van der Waals surface area contributed by atoms with E-state index >= 15 is 0 Å². The number of carbonyl (C=O) groups excluding carboxylic acids is 3. The van der Waals surface area contributed by atoms with Crippen molar-refractivity contribution in [3.63, 3.8) is 0 Å². The average molecular weight is 940 g/mol. The highest BCUT2D eigenvalue weighted by Crippen LogP contribution is 2.16. The highest BCUT2D eigenvalue weighted by Gasteiger charge is 2.19. The van der Waals surface area contributed by atoms with Crippen LogP contribution in [0, 0.1) is 0 Å². The van der Waals surface area contributed by atoms with Gasteiger partial charge in [-0.3, -0.25) is 14.4 Å². The van der Waals surface area contributed by atoms with Crippen LogP contribution in [0.2, 0.25) is 0 Å². The molecular weight excluding hydrogens is 829 g/mol. The number of hydrogen-bond donors (Lipinski definition) is 0. The monoisotopic (exact) mass is 939 g/mol. The lowest BCUT2D eigenvalue weighted by molar-refractivity contribution is -0.167. The molecular formula is C61H110O6. The Morgan fingerprint density at radius 1 is 0.299 bits per heavy atom. The first-order valence-corrected chi connectivity index (χ1v) is 29.1. The van der Waals surface area contributed by atoms with E-state index in [9.17, 15) is 14.4 Å². The Hall–Kier alpha value is -2.63. The van der Waals surface area contributed by atoms with Crippen molar-refractivity contribution < 1.29 is 28.6 Å². The standard InChI is InChI=1S/C61H110O6/c1-4-7-10-13-16-19-22-24-25-26-27-28-29-30-31-32-33-34-35-37-39-42-45-48-51-54-60(63)66-57-58(56-65-59(62)53-50-47-44-41-38-21-18-15-12-9-6-3)67-61(64)55-52-49-46-43-40-36-23-20-17-14-11-8-5-2/h15,18,22,24,26-27,29-30,58H,4-14,16-17,19-21,23,25,28,31-57H2,1-3H3/b18-15-,24-22-,27-26-,30-29-. The van der Waals surface area contributed by atoms with Crippen LogP contribution in [-0.2, 0) is 28.6 Å². The number of allylic oxidation sites excluding steroid dienone is 8. The molecule has 390 valence electrons. The van der Waals surface area contributed by atoms with Gasteiger partial charge in [-0.15, -0.1) is 0 Å². The normalized spacial score (nSPS) is 12.3. The second-order valence-corrected chi connectivity index (χ2v) is 19.6. The van der Waals surface area contributed by atoms with Gasteiger partial charge in [0.15, 0.2) is 6.10 Å². The Balaban J connectivity index is 4.23. The quantitative estimate of drug-likeness (QED) is 0.0262. The number of ether oxygens (including phenoxy) is 3. The van der Waals surface area contributed by atoms with Crippen molar-refractivity contribution in [3.05, 3.63) is 48.6 Å². The SMILES string of the molecule is CCCC/C=C\CCCCCCCC(=O)OCC(COC(=O)CCCCCCCCCCCC/C=C\C/C=C\C/C=C\CCCCCCC)OC(=O)CCCCCCCCCCCCCCC. The molecule has 1 unspecified atom stereocenters. The summed E-state index contributed by atoms with van der Waals surface area (Å²) in [5, 5.41) is 0. The molecule has 0 radical (unpaired) electrons. The second-order valence-electron chi connectivity index (χ2n) is 19.6. The van der Waals surface area contributed by atoms with Gasteiger partial charge in [0.2, 0.25) is 0 Å². The molecule has 0 N–H and O–H groups in total. The van der Waals surface area contributed by atoms with Crippen LogP contribution in [0.1, 0.15) is 303 Å². The molecule has 0 amide bonds. The molecule has 6 nitrogen and oxygen atoms in total. The van der Waals surface area contributed by atoms with Gasteiger partial charge in [-0.05, 0) is 77.0 Å². The predicted octanol–water partition coefficient (Wildman–Crippen LogP) is 19.4. The first-order chi connectivity index (χ1) is 33.0. The summed E-state index contributed by atoms with van der Waals surface area (Å²) in [6.07, 6.45) is 68.2. The van der Waals surface area contributed by atoms with E-state index in [1.165, 1.54) is 186 Å². The van der Waals surface area contributed by atoms with Crippen molar-refractivity contribution in [2.45, 2.75) is 309 Å². The molecule has 0 saturated carbocycles. The molecule has 0 heterocycles. The summed E-state index contributed by atoms with van der Waals surface area (Å²) in [4.78, 5) is 38.0. The third-order valence-electron chi connectivity index (χ3n) is 12.8. The van der Waals surface area contributed by atoms with Crippen molar-refractivity contribution >= 4 is 17.9 Å². The van der Waals surface area contributed by atoms with E-state index in [0.717, 1.165) is 77.0 Å². The van der Waals surface area contributed by atoms with Crippen molar-refractivity contribution in [2.75, 3.05) is 13.2 Å². The lowest BCUT2D eigenvalue weighted by atomic mass is 10.0. The van der Waals surface area contributed by atoms with Crippen LogP contribution in [-0.4, -0.2) is 37.2 Å². The Bertz CT molecular complexity index is 1170. The predicted molar refractivity (Wildman–Crippen MR) is 289 cm³/mol. The van der Waals surface area contributed by atoms with Gasteiger partial charge in [-0.25, -0.2) is 0 Å². The van der Waals surface area contributed by atoms with Gasteiger partial charge < -0.3 is 14.2 Å². The van der Waals surface area contributed by atoms with Crippen molar-refractivity contribution in [2.24, 2.45) is 0 Å². The van der Waals surface area contributed by atoms with Gasteiger partial charge in [0, 0.05) is 19.3 Å². The lowest BCUT2D eigenvalue weighted by Crippen LogP contribution is -2.30. The number of hydrogen-bond acceptors (Lipinski definition) is 6. The van der Waals surface area contributed by atoms with E-state index in [-0.39, 0.29) is 31.1 Å². The highest BCUT2D eigenvalue weighted by molar-refractivity contribution is 5.71. The maximum absolute atomic E-state index is 12.8. The van der Waals surface area contributed by atoms with E-state index in [1.807, 2.05) is 0 Å². The average Bonchev–Trinajstić information content (AvgIpc) is 3.33. The second kappa shape index (κ2) is 56.0. The van der Waals surface area contributed by atoms with Crippen molar-refractivity contribution in [1.82, 2.24) is 0 Å². The molecule has 0 aliphatic rings. The Morgan fingerprint density at radius 2 is 0.552 bits per heavy atom. The molecule has 0 aromatic carbocycles. The van der Waals surface area contributed by atoms with Gasteiger partial charge in [0.05, 0.1) is 0 Å². The topological polar surface area (TPSA) is 78.9 Å². The molecule has 0 aromatic heterocycles. The zero-order valence-electron chi connectivity index (χ0n) is 44.7. The molecule has 1 atom stereocenters. The van der Waals surface area contributed by atoms with Crippen LogP contribution in [0.3, 0.4) is 0 Å². The Labute approximate surface area is 416 Å². The van der Waals surface area contributed by atoms with Gasteiger partial charge >= 0.3 is 17.9 Å². The number of rotatable bonds is 53. The summed E-state index contributed by atoms with van der Waals surface area (Å²) in [5.41, 5.74) is 0. The van der Waals surface area contributed by atoms with Crippen molar-refractivity contribution in [3.8, 4) is 0 Å². The van der Waals surface area contributed by atoms with E-state index < -0.39 is 6.10 Å². The lowest BCUT2D eigenvalue weighted by Gasteiger charge is -2.18. The van der Waals surface area contributed by atoms with Gasteiger partial charge in [-0.2, -0.15) is 0 Å². The van der Waals surface area contributed by atoms with Crippen LogP contribution in [0.4, 0.5) is 0 Å². The first kappa shape index (κ1) is 64.4. The van der Waals surface area contributed by atoms with Crippen LogP contribution in [0.25, 0.3) is 0 Å². The van der Waals surface area contributed by atoms with Crippen LogP contribution in [0.15, 0.2) is 48.6 Å². The first-order valence-electron chi connectivity index (χ1n) is 29.1. The fourth-order valence-electron chi connectivity index (χ4n) is 8.37. The van der Waals surface area contributed by atoms with E-state index in [2.05, 4.69) is 69.4 Å². The Morgan fingerprint density at radius 3 is 0.896 bits per heavy atom. The fraction of sp³-hybridized carbons (Fsp3) is 0.820. The molecule has 0 aromatic rings. The minimum absolute atomic E-state index is 0.0750. The minimum Gasteiger partial charge on any atom is -0.462 e. The third-order valence-corrected chi connectivity index (χ3v) is 12.8. The largest absolute Gasteiger partial charge is 0.462 e. The molecule has 0 aliphatic carbocycles. The molecule has 0 aliphatic heterocycles. The minimum atomic E-state index is -0.774. The number of esters is 3. The van der Waals surface area contributed by atoms with Crippen LogP contribution >= 0.6 is 0 Å². The van der Waals surface area contributed by atoms with Crippen molar-refractivity contribution in [1.29, 1.82) is 0 Å². The third kappa shape index (κ3) is 54.2. The molecule has 0 spiro atoms.